The van der Waals surface area contributed by atoms with Crippen LogP contribution in [0.5, 0.6) is 0 Å². The van der Waals surface area contributed by atoms with E-state index in [1.165, 1.54) is 88.1 Å². The van der Waals surface area contributed by atoms with E-state index in [0.717, 1.165) is 11.4 Å². The fraction of sp³-hybridized carbons (Fsp3) is 0. The summed E-state index contributed by atoms with van der Waals surface area (Å²) in [6, 6.07) is 79.3. The predicted molar refractivity (Wildman–Crippen MR) is 237 cm³/mol. The predicted octanol–water partition coefficient (Wildman–Crippen LogP) is 14.5. The van der Waals surface area contributed by atoms with Gasteiger partial charge in [0, 0.05) is 32.9 Å². The molecule has 0 unspecified atom stereocenters. The summed E-state index contributed by atoms with van der Waals surface area (Å²) < 4.78 is 4.83. The highest BCUT2D eigenvalue weighted by Crippen LogP contribution is 2.40. The number of benzene rings is 9. The Morgan fingerprint density at radius 1 is 0.232 bits per heavy atom. The minimum atomic E-state index is 1.16. The van der Waals surface area contributed by atoms with E-state index in [0.29, 0.717) is 0 Å². The van der Waals surface area contributed by atoms with Gasteiger partial charge in [-0.1, -0.05) is 170 Å². The lowest BCUT2D eigenvalue weighted by atomic mass is 9.96. The van der Waals surface area contributed by atoms with Crippen LogP contribution in [0.3, 0.4) is 0 Å². The molecule has 0 saturated carbocycles. The molecule has 2 nitrogen and oxygen atoms in total. The largest absolute Gasteiger partial charge is 0.309 e. The third-order valence-corrected chi connectivity index (χ3v) is 11.3. The van der Waals surface area contributed by atoms with Gasteiger partial charge in [-0.15, -0.1) is 0 Å². The highest BCUT2D eigenvalue weighted by Gasteiger charge is 2.18. The van der Waals surface area contributed by atoms with E-state index in [-0.39, 0.29) is 0 Å². The molecule has 11 aromatic rings. The second kappa shape index (κ2) is 13.2. The van der Waals surface area contributed by atoms with Gasteiger partial charge < -0.3 is 9.13 Å². The molecule has 9 aromatic carbocycles. The maximum atomic E-state index is 2.42. The van der Waals surface area contributed by atoms with Gasteiger partial charge in [0.25, 0.3) is 0 Å². The van der Waals surface area contributed by atoms with Crippen LogP contribution < -0.4 is 0 Å². The molecule has 0 radical (unpaired) electrons. The van der Waals surface area contributed by atoms with Crippen LogP contribution in [-0.2, 0) is 0 Å². The number of nitrogens with zero attached hydrogens (tertiary/aromatic N) is 2. The van der Waals surface area contributed by atoms with Gasteiger partial charge in [0.2, 0.25) is 0 Å². The van der Waals surface area contributed by atoms with Crippen molar-refractivity contribution in [2.75, 3.05) is 0 Å². The molecule has 0 aliphatic rings. The van der Waals surface area contributed by atoms with E-state index < -0.39 is 0 Å². The molecule has 0 bridgehead atoms. The van der Waals surface area contributed by atoms with Crippen LogP contribution in [0.2, 0.25) is 0 Å². The molecule has 0 aliphatic carbocycles. The molecular weight excluding hydrogens is 677 g/mol. The molecule has 0 fully saturated rings. The zero-order chi connectivity index (χ0) is 37.0. The van der Waals surface area contributed by atoms with Crippen LogP contribution in [0, 0.1) is 0 Å². The van der Waals surface area contributed by atoms with Crippen molar-refractivity contribution in [3.05, 3.63) is 218 Å². The molecule has 0 atom stereocenters. The summed E-state index contributed by atoms with van der Waals surface area (Å²) in [7, 11) is 0. The van der Waals surface area contributed by atoms with Gasteiger partial charge in [-0.25, -0.2) is 0 Å². The molecule has 11 rings (SSSR count). The minimum Gasteiger partial charge on any atom is -0.309 e. The summed E-state index contributed by atoms with van der Waals surface area (Å²) in [6.45, 7) is 0. The average molecular weight is 713 g/mol. The number of hydrogen-bond donors (Lipinski definition) is 0. The van der Waals surface area contributed by atoms with Crippen molar-refractivity contribution in [2.24, 2.45) is 0 Å². The third kappa shape index (κ3) is 5.26. The Morgan fingerprint density at radius 3 is 1.32 bits per heavy atom. The summed E-state index contributed by atoms with van der Waals surface area (Å²) in [5, 5.41) is 5.03. The lowest BCUT2D eigenvalue weighted by molar-refractivity contribution is 1.18. The van der Waals surface area contributed by atoms with E-state index in [4.69, 9.17) is 0 Å². The second-order valence-corrected chi connectivity index (χ2v) is 14.5. The van der Waals surface area contributed by atoms with Gasteiger partial charge in [-0.05, 0) is 93.0 Å². The fourth-order valence-electron chi connectivity index (χ4n) is 8.72. The highest BCUT2D eigenvalue weighted by molar-refractivity contribution is 6.16. The molecule has 0 amide bonds. The topological polar surface area (TPSA) is 9.86 Å². The number of aromatic nitrogens is 2. The molecule has 0 saturated heterocycles. The van der Waals surface area contributed by atoms with Gasteiger partial charge in [0.15, 0.2) is 0 Å². The summed E-state index contributed by atoms with van der Waals surface area (Å²) in [5.41, 5.74) is 16.8. The lowest BCUT2D eigenvalue weighted by Crippen LogP contribution is -1.94. The molecule has 2 heteroatoms. The van der Waals surface area contributed by atoms with Crippen molar-refractivity contribution in [3.8, 4) is 55.9 Å². The Balaban J connectivity index is 1.01. The van der Waals surface area contributed by atoms with E-state index in [1.54, 1.807) is 0 Å². The Morgan fingerprint density at radius 2 is 0.661 bits per heavy atom. The molecule has 56 heavy (non-hydrogen) atoms. The number of fused-ring (bicyclic) bond motifs is 6. The first kappa shape index (κ1) is 32.0. The van der Waals surface area contributed by atoms with Gasteiger partial charge in [-0.2, -0.15) is 0 Å². The van der Waals surface area contributed by atoms with Crippen LogP contribution in [0.15, 0.2) is 218 Å². The Bertz CT molecular complexity index is 3220. The van der Waals surface area contributed by atoms with Crippen molar-refractivity contribution in [1.29, 1.82) is 0 Å². The van der Waals surface area contributed by atoms with Gasteiger partial charge in [0.05, 0.1) is 22.1 Å². The number of rotatable bonds is 6. The van der Waals surface area contributed by atoms with Crippen LogP contribution >= 0.6 is 0 Å². The molecule has 0 N–H and O–H groups in total. The highest BCUT2D eigenvalue weighted by atomic mass is 15.0. The molecule has 0 aliphatic heterocycles. The SMILES string of the molecule is c1ccc(-c2cccc(-n3c4ccccc4c4ccc(-c5ccc(-c6cccc7c6c6ccccc6n7-c6cccc(-c7ccccc7)c6)cc5)cc43)c2)cc1. The maximum absolute atomic E-state index is 2.42. The van der Waals surface area contributed by atoms with Gasteiger partial charge in [-0.3, -0.25) is 0 Å². The summed E-state index contributed by atoms with van der Waals surface area (Å²) in [4.78, 5) is 0. The van der Waals surface area contributed by atoms with Gasteiger partial charge >= 0.3 is 0 Å². The minimum absolute atomic E-state index is 1.16. The molecule has 2 heterocycles. The van der Waals surface area contributed by atoms with Crippen molar-refractivity contribution >= 4 is 43.6 Å². The van der Waals surface area contributed by atoms with Crippen molar-refractivity contribution < 1.29 is 0 Å². The van der Waals surface area contributed by atoms with Crippen LogP contribution in [0.25, 0.3) is 99.5 Å². The van der Waals surface area contributed by atoms with Crippen LogP contribution in [0.1, 0.15) is 0 Å². The normalized spacial score (nSPS) is 11.6. The third-order valence-electron chi connectivity index (χ3n) is 11.3. The number of hydrogen-bond acceptors (Lipinski definition) is 0. The Labute approximate surface area is 325 Å². The Kier molecular flexibility index (Phi) is 7.53. The Hall–Kier alpha value is -7.42. The average Bonchev–Trinajstić information content (AvgIpc) is 3.80. The summed E-state index contributed by atoms with van der Waals surface area (Å²) in [5.74, 6) is 0. The van der Waals surface area contributed by atoms with Crippen molar-refractivity contribution in [1.82, 2.24) is 9.13 Å². The van der Waals surface area contributed by atoms with E-state index >= 15 is 0 Å². The van der Waals surface area contributed by atoms with Crippen LogP contribution in [-0.4, -0.2) is 9.13 Å². The maximum Gasteiger partial charge on any atom is 0.0547 e. The molecule has 262 valence electrons. The quantitative estimate of drug-likeness (QED) is 0.162. The number of para-hydroxylation sites is 2. The first-order chi connectivity index (χ1) is 27.8. The molecule has 2 aromatic heterocycles. The first-order valence-electron chi connectivity index (χ1n) is 19.3. The molecular formula is C54H36N2. The van der Waals surface area contributed by atoms with E-state index in [1.807, 2.05) is 0 Å². The lowest BCUT2D eigenvalue weighted by Gasteiger charge is -2.12. The zero-order valence-corrected chi connectivity index (χ0v) is 30.7. The van der Waals surface area contributed by atoms with Gasteiger partial charge in [0.1, 0.15) is 0 Å². The van der Waals surface area contributed by atoms with Crippen molar-refractivity contribution in [2.45, 2.75) is 0 Å². The summed E-state index contributed by atoms with van der Waals surface area (Å²) >= 11 is 0. The second-order valence-electron chi connectivity index (χ2n) is 14.5. The van der Waals surface area contributed by atoms with E-state index in [9.17, 15) is 0 Å². The zero-order valence-electron chi connectivity index (χ0n) is 30.7. The van der Waals surface area contributed by atoms with Crippen LogP contribution in [0.4, 0.5) is 0 Å². The standard InChI is InChI=1S/C54H36N2/c1-3-14-37(15-4-1)41-18-11-20-44(34-41)55-51-26-10-8-23-49(51)54-46(24-13-27-52(54)55)40-30-28-39(29-31-40)43-32-33-48-47-22-7-9-25-50(47)56(53(48)36-43)45-21-12-19-42(35-45)38-16-5-2-6-17-38/h1-36H. The smallest absolute Gasteiger partial charge is 0.0547 e. The van der Waals surface area contributed by atoms with Crippen molar-refractivity contribution in [3.63, 3.8) is 0 Å². The first-order valence-corrected chi connectivity index (χ1v) is 19.3. The monoisotopic (exact) mass is 712 g/mol. The fourth-order valence-corrected chi connectivity index (χ4v) is 8.72. The molecule has 0 spiro atoms. The van der Waals surface area contributed by atoms with E-state index in [2.05, 4.69) is 228 Å². The summed E-state index contributed by atoms with van der Waals surface area (Å²) in [6.07, 6.45) is 0.